The highest BCUT2D eigenvalue weighted by molar-refractivity contribution is 7.12. The molecule has 0 unspecified atom stereocenters. The normalized spacial score (nSPS) is 11.4. The molecule has 0 fully saturated rings. The van der Waals surface area contributed by atoms with Gasteiger partial charge in [-0.05, 0) is 43.3 Å². The number of benzene rings is 1. The second-order valence-electron chi connectivity index (χ2n) is 5.37. The van der Waals surface area contributed by atoms with E-state index in [1.807, 2.05) is 31.2 Å². The standard InChI is InChI=1S/C18H16N2O3S/c1-12-6-7-13(24-12)8-9-16-19-15-5-3-2-4-14(15)18(23)20(16)11-10-17(21)22/h2-9H,10-11H2,1H3,(H,21,22)/b9-8+. The molecule has 24 heavy (non-hydrogen) atoms. The number of carbonyl (C=O) groups is 1. The van der Waals surface area contributed by atoms with Gasteiger partial charge in [0.25, 0.3) is 5.56 Å². The monoisotopic (exact) mass is 340 g/mol. The number of fused-ring (bicyclic) bond motifs is 1. The first-order valence-electron chi connectivity index (χ1n) is 7.50. The second kappa shape index (κ2) is 6.80. The molecule has 0 aliphatic rings. The van der Waals surface area contributed by atoms with Gasteiger partial charge in [-0.2, -0.15) is 0 Å². The lowest BCUT2D eigenvalue weighted by molar-refractivity contribution is -0.137. The van der Waals surface area contributed by atoms with Gasteiger partial charge < -0.3 is 5.11 Å². The lowest BCUT2D eigenvalue weighted by Crippen LogP contribution is -2.25. The van der Waals surface area contributed by atoms with Crippen LogP contribution in [0.3, 0.4) is 0 Å². The predicted molar refractivity (Wildman–Crippen MR) is 96.2 cm³/mol. The zero-order valence-electron chi connectivity index (χ0n) is 13.1. The molecule has 0 saturated carbocycles. The summed E-state index contributed by atoms with van der Waals surface area (Å²) in [6, 6.07) is 11.1. The second-order valence-corrected chi connectivity index (χ2v) is 6.69. The molecule has 0 aliphatic carbocycles. The number of carboxylic acid groups (broad SMARTS) is 1. The Kier molecular flexibility index (Phi) is 4.57. The van der Waals surface area contributed by atoms with Crippen LogP contribution in [0, 0.1) is 6.92 Å². The van der Waals surface area contributed by atoms with Crippen LogP contribution >= 0.6 is 11.3 Å². The molecule has 0 atom stereocenters. The van der Waals surface area contributed by atoms with Gasteiger partial charge in [0, 0.05) is 16.3 Å². The molecule has 0 spiro atoms. The van der Waals surface area contributed by atoms with Crippen LogP contribution in [0.25, 0.3) is 23.1 Å². The van der Waals surface area contributed by atoms with Crippen molar-refractivity contribution in [1.82, 2.24) is 9.55 Å². The van der Waals surface area contributed by atoms with Crippen LogP contribution in [-0.4, -0.2) is 20.6 Å². The van der Waals surface area contributed by atoms with Gasteiger partial charge in [-0.3, -0.25) is 14.2 Å². The number of hydrogen-bond donors (Lipinski definition) is 1. The van der Waals surface area contributed by atoms with Gasteiger partial charge in [-0.15, -0.1) is 11.3 Å². The van der Waals surface area contributed by atoms with Crippen LogP contribution in [0.2, 0.25) is 0 Å². The Morgan fingerprint density at radius 2 is 2.04 bits per heavy atom. The fourth-order valence-electron chi connectivity index (χ4n) is 2.44. The first-order valence-corrected chi connectivity index (χ1v) is 8.32. The molecular formula is C18H16N2O3S. The van der Waals surface area contributed by atoms with E-state index >= 15 is 0 Å². The van der Waals surface area contributed by atoms with Crippen molar-refractivity contribution in [3.8, 4) is 0 Å². The number of para-hydroxylation sites is 1. The minimum atomic E-state index is -0.945. The number of aromatic nitrogens is 2. The predicted octanol–water partition coefficient (Wildman–Crippen LogP) is 3.41. The zero-order chi connectivity index (χ0) is 17.1. The molecule has 3 aromatic rings. The van der Waals surface area contributed by atoms with Crippen molar-refractivity contribution >= 4 is 40.4 Å². The first kappa shape index (κ1) is 16.1. The summed E-state index contributed by atoms with van der Waals surface area (Å²) in [6.07, 6.45) is 3.53. The maximum Gasteiger partial charge on any atom is 0.305 e. The van der Waals surface area contributed by atoms with Gasteiger partial charge >= 0.3 is 5.97 Å². The summed E-state index contributed by atoms with van der Waals surface area (Å²) >= 11 is 1.64. The Morgan fingerprint density at radius 3 is 2.75 bits per heavy atom. The third-order valence-electron chi connectivity index (χ3n) is 3.60. The van der Waals surface area contributed by atoms with Crippen molar-refractivity contribution in [2.75, 3.05) is 0 Å². The summed E-state index contributed by atoms with van der Waals surface area (Å²) < 4.78 is 1.42. The lowest BCUT2D eigenvalue weighted by Gasteiger charge is -2.10. The fraction of sp³-hybridized carbons (Fsp3) is 0.167. The Labute approximate surface area is 142 Å². The van der Waals surface area contributed by atoms with Crippen molar-refractivity contribution in [3.05, 3.63) is 62.3 Å². The highest BCUT2D eigenvalue weighted by Gasteiger charge is 2.10. The largest absolute Gasteiger partial charge is 0.481 e. The fourth-order valence-corrected chi connectivity index (χ4v) is 3.22. The van der Waals surface area contributed by atoms with Crippen LogP contribution in [-0.2, 0) is 11.3 Å². The van der Waals surface area contributed by atoms with E-state index in [1.165, 1.54) is 9.44 Å². The van der Waals surface area contributed by atoms with Crippen molar-refractivity contribution in [2.45, 2.75) is 19.9 Å². The topological polar surface area (TPSA) is 72.2 Å². The Morgan fingerprint density at radius 1 is 1.25 bits per heavy atom. The molecule has 6 heteroatoms. The molecule has 1 N–H and O–H groups in total. The molecule has 122 valence electrons. The summed E-state index contributed by atoms with van der Waals surface area (Å²) in [7, 11) is 0. The van der Waals surface area contributed by atoms with E-state index in [2.05, 4.69) is 4.98 Å². The lowest BCUT2D eigenvalue weighted by atomic mass is 10.2. The zero-order valence-corrected chi connectivity index (χ0v) is 13.9. The number of aliphatic carboxylic acids is 1. The van der Waals surface area contributed by atoms with Crippen LogP contribution in [0.5, 0.6) is 0 Å². The Hall–Kier alpha value is -2.73. The van der Waals surface area contributed by atoms with Gasteiger partial charge in [0.05, 0.1) is 17.3 Å². The molecule has 0 saturated heterocycles. The van der Waals surface area contributed by atoms with Crippen molar-refractivity contribution in [3.63, 3.8) is 0 Å². The van der Waals surface area contributed by atoms with E-state index in [-0.39, 0.29) is 18.5 Å². The molecule has 2 heterocycles. The maximum atomic E-state index is 12.7. The molecule has 1 aromatic carbocycles. The van der Waals surface area contributed by atoms with Gasteiger partial charge in [-0.1, -0.05) is 12.1 Å². The molecule has 5 nitrogen and oxygen atoms in total. The van der Waals surface area contributed by atoms with Crippen LogP contribution < -0.4 is 5.56 Å². The molecule has 3 rings (SSSR count). The number of hydrogen-bond acceptors (Lipinski definition) is 4. The number of nitrogens with zero attached hydrogens (tertiary/aromatic N) is 2. The van der Waals surface area contributed by atoms with Crippen molar-refractivity contribution < 1.29 is 9.90 Å². The average Bonchev–Trinajstić information content (AvgIpc) is 2.97. The van der Waals surface area contributed by atoms with Gasteiger partial charge in [0.1, 0.15) is 5.82 Å². The summed E-state index contributed by atoms with van der Waals surface area (Å²) in [4.78, 5) is 30.3. The van der Waals surface area contributed by atoms with Gasteiger partial charge in [0.2, 0.25) is 0 Å². The van der Waals surface area contributed by atoms with Crippen molar-refractivity contribution in [1.29, 1.82) is 0 Å². The van der Waals surface area contributed by atoms with E-state index in [1.54, 1.807) is 35.6 Å². The third kappa shape index (κ3) is 3.44. The summed E-state index contributed by atoms with van der Waals surface area (Å²) in [6.45, 7) is 2.12. The number of carboxylic acids is 1. The summed E-state index contributed by atoms with van der Waals surface area (Å²) in [5.74, 6) is -0.482. The minimum absolute atomic E-state index is 0.0924. The van der Waals surface area contributed by atoms with E-state index in [4.69, 9.17) is 5.11 Å². The molecule has 2 aromatic heterocycles. The highest BCUT2D eigenvalue weighted by atomic mass is 32.1. The Balaban J connectivity index is 2.09. The molecule has 0 amide bonds. The number of aryl methyl sites for hydroxylation is 1. The summed E-state index contributed by atoms with van der Waals surface area (Å²) in [5, 5.41) is 9.42. The van der Waals surface area contributed by atoms with E-state index in [0.29, 0.717) is 16.7 Å². The van der Waals surface area contributed by atoms with Crippen LogP contribution in [0.4, 0.5) is 0 Å². The molecule has 0 aliphatic heterocycles. The molecular weight excluding hydrogens is 324 g/mol. The molecule has 0 bridgehead atoms. The Bertz CT molecular complexity index is 985. The third-order valence-corrected chi connectivity index (χ3v) is 4.56. The van der Waals surface area contributed by atoms with Gasteiger partial charge in [-0.25, -0.2) is 4.98 Å². The SMILES string of the molecule is Cc1ccc(/C=C/c2nc3ccccc3c(=O)n2CCC(=O)O)s1. The van der Waals surface area contributed by atoms with E-state index in [9.17, 15) is 9.59 Å². The van der Waals surface area contributed by atoms with Gasteiger partial charge in [0.15, 0.2) is 0 Å². The number of rotatable bonds is 5. The smallest absolute Gasteiger partial charge is 0.305 e. The van der Waals surface area contributed by atoms with E-state index in [0.717, 1.165) is 4.88 Å². The molecule has 0 radical (unpaired) electrons. The summed E-state index contributed by atoms with van der Waals surface area (Å²) in [5.41, 5.74) is 0.389. The quantitative estimate of drug-likeness (QED) is 0.772. The van der Waals surface area contributed by atoms with Crippen molar-refractivity contribution in [2.24, 2.45) is 0 Å². The highest BCUT2D eigenvalue weighted by Crippen LogP contribution is 2.18. The minimum Gasteiger partial charge on any atom is -0.481 e. The maximum absolute atomic E-state index is 12.7. The van der Waals surface area contributed by atoms with Crippen LogP contribution in [0.15, 0.2) is 41.2 Å². The van der Waals surface area contributed by atoms with Crippen LogP contribution in [0.1, 0.15) is 22.0 Å². The van der Waals surface area contributed by atoms with E-state index < -0.39 is 5.97 Å². The average molecular weight is 340 g/mol. The first-order chi connectivity index (χ1) is 11.5. The number of thiophene rings is 1.